The van der Waals surface area contributed by atoms with E-state index in [0.717, 1.165) is 30.8 Å². The van der Waals surface area contributed by atoms with Crippen LogP contribution in [0.25, 0.3) is 0 Å². The summed E-state index contributed by atoms with van der Waals surface area (Å²) in [4.78, 5) is 0. The van der Waals surface area contributed by atoms with Crippen LogP contribution in [0.5, 0.6) is 5.75 Å². The van der Waals surface area contributed by atoms with E-state index in [1.54, 1.807) is 7.11 Å². The molecule has 1 aliphatic rings. The summed E-state index contributed by atoms with van der Waals surface area (Å²) in [7, 11) is 1.67. The maximum Gasteiger partial charge on any atom is 0.118 e. The van der Waals surface area contributed by atoms with E-state index in [0.29, 0.717) is 0 Å². The number of hydrogen-bond donors (Lipinski definition) is 1. The van der Waals surface area contributed by atoms with E-state index in [2.05, 4.69) is 0 Å². The van der Waals surface area contributed by atoms with E-state index in [-0.39, 0.29) is 12.1 Å². The van der Waals surface area contributed by atoms with E-state index in [1.807, 2.05) is 24.3 Å². The van der Waals surface area contributed by atoms with E-state index in [1.165, 1.54) is 6.42 Å². The molecule has 3 nitrogen and oxygen atoms in total. The largest absolute Gasteiger partial charge is 0.497 e. The Labute approximate surface area is 96.5 Å². The summed E-state index contributed by atoms with van der Waals surface area (Å²) in [6, 6.07) is 7.89. The van der Waals surface area contributed by atoms with Crippen LogP contribution in [0.15, 0.2) is 24.3 Å². The first-order valence-electron chi connectivity index (χ1n) is 5.82. The minimum atomic E-state index is -0.0220. The monoisotopic (exact) mass is 221 g/mol. The Morgan fingerprint density at radius 1 is 1.31 bits per heavy atom. The lowest BCUT2D eigenvalue weighted by Gasteiger charge is -2.28. The predicted octanol–water partition coefficient (Wildman–Crippen LogP) is 2.26. The van der Waals surface area contributed by atoms with Crippen LogP contribution < -0.4 is 10.5 Å². The molecule has 0 bridgehead atoms. The predicted molar refractivity (Wildman–Crippen MR) is 63.5 cm³/mol. The van der Waals surface area contributed by atoms with Crippen LogP contribution in [-0.4, -0.2) is 19.8 Å². The van der Waals surface area contributed by atoms with Crippen LogP contribution in [0, 0.1) is 0 Å². The van der Waals surface area contributed by atoms with Crippen molar-refractivity contribution >= 4 is 0 Å². The number of hydrogen-bond acceptors (Lipinski definition) is 3. The summed E-state index contributed by atoms with van der Waals surface area (Å²) >= 11 is 0. The summed E-state index contributed by atoms with van der Waals surface area (Å²) in [5.41, 5.74) is 7.31. The van der Waals surface area contributed by atoms with E-state index in [4.69, 9.17) is 15.2 Å². The van der Waals surface area contributed by atoms with Crippen LogP contribution >= 0.6 is 0 Å². The van der Waals surface area contributed by atoms with Crippen LogP contribution in [0.2, 0.25) is 0 Å². The minimum absolute atomic E-state index is 0.0220. The van der Waals surface area contributed by atoms with Crippen LogP contribution in [0.3, 0.4) is 0 Å². The SMILES string of the molecule is COc1ccc(C(N)C2CCCCO2)cc1. The lowest BCUT2D eigenvalue weighted by molar-refractivity contribution is 0.00000573. The standard InChI is InChI=1S/C13H19NO2/c1-15-11-7-5-10(6-8-11)13(14)12-4-2-3-9-16-12/h5-8,12-13H,2-4,9,14H2,1H3. The summed E-state index contributed by atoms with van der Waals surface area (Å²) in [6.45, 7) is 0.842. The van der Waals surface area contributed by atoms with Gasteiger partial charge in [0.05, 0.1) is 19.3 Å². The van der Waals surface area contributed by atoms with E-state index in [9.17, 15) is 0 Å². The number of ether oxygens (including phenoxy) is 2. The average Bonchev–Trinajstić information content (AvgIpc) is 2.39. The van der Waals surface area contributed by atoms with Crippen LogP contribution in [-0.2, 0) is 4.74 Å². The maximum absolute atomic E-state index is 6.20. The smallest absolute Gasteiger partial charge is 0.118 e. The second kappa shape index (κ2) is 5.32. The van der Waals surface area contributed by atoms with Crippen molar-refractivity contribution in [1.82, 2.24) is 0 Å². The molecule has 0 amide bonds. The van der Waals surface area contributed by atoms with Crippen molar-refractivity contribution < 1.29 is 9.47 Å². The van der Waals surface area contributed by atoms with Gasteiger partial charge in [-0.15, -0.1) is 0 Å². The van der Waals surface area contributed by atoms with Gasteiger partial charge < -0.3 is 15.2 Å². The van der Waals surface area contributed by atoms with Gasteiger partial charge in [0.1, 0.15) is 5.75 Å². The number of benzene rings is 1. The normalized spacial score (nSPS) is 22.8. The molecule has 2 N–H and O–H groups in total. The molecular weight excluding hydrogens is 202 g/mol. The van der Waals surface area contributed by atoms with Crippen molar-refractivity contribution in [3.63, 3.8) is 0 Å². The zero-order valence-corrected chi connectivity index (χ0v) is 9.69. The third-order valence-corrected chi connectivity index (χ3v) is 3.12. The highest BCUT2D eigenvalue weighted by Gasteiger charge is 2.22. The second-order valence-corrected chi connectivity index (χ2v) is 4.20. The highest BCUT2D eigenvalue weighted by atomic mass is 16.5. The molecule has 88 valence electrons. The first kappa shape index (κ1) is 11.4. The number of methoxy groups -OCH3 is 1. The highest BCUT2D eigenvalue weighted by molar-refractivity contribution is 5.29. The molecule has 1 aromatic rings. The third kappa shape index (κ3) is 2.54. The fraction of sp³-hybridized carbons (Fsp3) is 0.538. The molecule has 2 unspecified atom stereocenters. The average molecular weight is 221 g/mol. The fourth-order valence-corrected chi connectivity index (χ4v) is 2.09. The van der Waals surface area contributed by atoms with Crippen molar-refractivity contribution in [2.75, 3.05) is 13.7 Å². The van der Waals surface area contributed by atoms with Crippen molar-refractivity contribution in [1.29, 1.82) is 0 Å². The molecule has 1 aliphatic heterocycles. The zero-order chi connectivity index (χ0) is 11.4. The molecule has 0 aliphatic carbocycles. The zero-order valence-electron chi connectivity index (χ0n) is 9.69. The minimum Gasteiger partial charge on any atom is -0.497 e. The molecular formula is C13H19NO2. The van der Waals surface area contributed by atoms with Gasteiger partial charge in [-0.2, -0.15) is 0 Å². The molecule has 0 radical (unpaired) electrons. The molecule has 2 atom stereocenters. The van der Waals surface area contributed by atoms with Gasteiger partial charge in [-0.05, 0) is 37.0 Å². The van der Waals surface area contributed by atoms with Crippen molar-refractivity contribution in [3.05, 3.63) is 29.8 Å². The van der Waals surface area contributed by atoms with Crippen molar-refractivity contribution in [3.8, 4) is 5.75 Å². The molecule has 0 spiro atoms. The lowest BCUT2D eigenvalue weighted by atomic mass is 9.96. The maximum atomic E-state index is 6.20. The summed E-state index contributed by atoms with van der Waals surface area (Å²) < 4.78 is 10.8. The second-order valence-electron chi connectivity index (χ2n) is 4.20. The van der Waals surface area contributed by atoms with Gasteiger partial charge in [0.15, 0.2) is 0 Å². The van der Waals surface area contributed by atoms with E-state index >= 15 is 0 Å². The number of rotatable bonds is 3. The Morgan fingerprint density at radius 3 is 2.62 bits per heavy atom. The Morgan fingerprint density at radius 2 is 2.06 bits per heavy atom. The molecule has 1 saturated heterocycles. The molecule has 1 aromatic carbocycles. The highest BCUT2D eigenvalue weighted by Crippen LogP contribution is 2.25. The quantitative estimate of drug-likeness (QED) is 0.851. The molecule has 0 saturated carbocycles. The van der Waals surface area contributed by atoms with Gasteiger partial charge in [-0.1, -0.05) is 12.1 Å². The Balaban J connectivity index is 2.04. The van der Waals surface area contributed by atoms with Gasteiger partial charge >= 0.3 is 0 Å². The lowest BCUT2D eigenvalue weighted by Crippen LogP contribution is -2.31. The fourth-order valence-electron chi connectivity index (χ4n) is 2.09. The Hall–Kier alpha value is -1.06. The van der Waals surface area contributed by atoms with Crippen LogP contribution in [0.1, 0.15) is 30.9 Å². The molecule has 2 rings (SSSR count). The molecule has 0 aromatic heterocycles. The third-order valence-electron chi connectivity index (χ3n) is 3.12. The molecule has 16 heavy (non-hydrogen) atoms. The topological polar surface area (TPSA) is 44.5 Å². The molecule has 3 heteroatoms. The van der Waals surface area contributed by atoms with Crippen molar-refractivity contribution in [2.45, 2.75) is 31.4 Å². The molecule has 1 fully saturated rings. The van der Waals surface area contributed by atoms with Gasteiger partial charge in [0.2, 0.25) is 0 Å². The van der Waals surface area contributed by atoms with Crippen LogP contribution in [0.4, 0.5) is 0 Å². The van der Waals surface area contributed by atoms with Gasteiger partial charge in [-0.25, -0.2) is 0 Å². The van der Waals surface area contributed by atoms with Crippen molar-refractivity contribution in [2.24, 2.45) is 5.73 Å². The van der Waals surface area contributed by atoms with Gasteiger partial charge in [0, 0.05) is 6.61 Å². The summed E-state index contributed by atoms with van der Waals surface area (Å²) in [5.74, 6) is 0.862. The first-order chi connectivity index (χ1) is 7.81. The first-order valence-corrected chi connectivity index (χ1v) is 5.82. The molecule has 1 heterocycles. The summed E-state index contributed by atoms with van der Waals surface area (Å²) in [5, 5.41) is 0. The van der Waals surface area contributed by atoms with Gasteiger partial charge in [-0.3, -0.25) is 0 Å². The Kier molecular flexibility index (Phi) is 3.80. The summed E-state index contributed by atoms with van der Waals surface area (Å²) in [6.07, 6.45) is 3.61. The Bertz CT molecular complexity index is 317. The number of nitrogens with two attached hydrogens (primary N) is 1. The van der Waals surface area contributed by atoms with E-state index < -0.39 is 0 Å². The van der Waals surface area contributed by atoms with Gasteiger partial charge in [0.25, 0.3) is 0 Å².